The van der Waals surface area contributed by atoms with Gasteiger partial charge in [0, 0.05) is 18.3 Å². The van der Waals surface area contributed by atoms with Crippen molar-refractivity contribution in [3.63, 3.8) is 0 Å². The maximum Gasteiger partial charge on any atom is 0.253 e. The number of benzene rings is 1. The highest BCUT2D eigenvalue weighted by Crippen LogP contribution is 2.16. The van der Waals surface area contributed by atoms with Gasteiger partial charge in [-0.1, -0.05) is 43.1 Å². The van der Waals surface area contributed by atoms with Gasteiger partial charge in [-0.05, 0) is 31.5 Å². The molecule has 1 heterocycles. The van der Waals surface area contributed by atoms with Gasteiger partial charge in [0.15, 0.2) is 0 Å². The number of ether oxygens (including phenoxy) is 1. The Morgan fingerprint density at radius 3 is 2.74 bits per heavy atom. The number of halogens is 1. The number of carbonyl (C=O) groups is 2. The Balaban J connectivity index is 1.90. The minimum Gasteiger partial charge on any atom is -0.477 e. The molecule has 2 N–H and O–H groups in total. The molecular formula is C20H24ClN3O3. The predicted molar refractivity (Wildman–Crippen MR) is 105 cm³/mol. The van der Waals surface area contributed by atoms with Gasteiger partial charge in [0.1, 0.15) is 6.04 Å². The van der Waals surface area contributed by atoms with Crippen LogP contribution in [0.4, 0.5) is 0 Å². The van der Waals surface area contributed by atoms with Gasteiger partial charge >= 0.3 is 0 Å². The van der Waals surface area contributed by atoms with Gasteiger partial charge < -0.3 is 15.4 Å². The van der Waals surface area contributed by atoms with Crippen LogP contribution in [-0.2, 0) is 11.3 Å². The molecular weight excluding hydrogens is 366 g/mol. The lowest BCUT2D eigenvalue weighted by Gasteiger charge is -2.15. The molecule has 1 unspecified atom stereocenters. The number of pyridine rings is 1. The lowest BCUT2D eigenvalue weighted by Crippen LogP contribution is -2.44. The first kappa shape index (κ1) is 20.7. The van der Waals surface area contributed by atoms with E-state index in [-0.39, 0.29) is 12.5 Å². The van der Waals surface area contributed by atoms with Gasteiger partial charge in [-0.3, -0.25) is 9.59 Å². The average Bonchev–Trinajstić information content (AvgIpc) is 2.67. The zero-order chi connectivity index (χ0) is 19.6. The molecule has 0 aliphatic rings. The largest absolute Gasteiger partial charge is 0.477 e. The van der Waals surface area contributed by atoms with Crippen LogP contribution >= 0.6 is 11.6 Å². The number of nitrogens with zero attached hydrogens (tertiary/aromatic N) is 1. The maximum atomic E-state index is 12.3. The Morgan fingerprint density at radius 2 is 2.00 bits per heavy atom. The molecule has 0 spiro atoms. The lowest BCUT2D eigenvalue weighted by molar-refractivity contribution is -0.122. The van der Waals surface area contributed by atoms with Gasteiger partial charge in [-0.2, -0.15) is 0 Å². The molecule has 1 aromatic carbocycles. The maximum absolute atomic E-state index is 12.3. The molecule has 2 aromatic rings. The molecule has 0 fully saturated rings. The molecule has 2 amide bonds. The first-order valence-corrected chi connectivity index (χ1v) is 9.30. The Hall–Kier alpha value is -2.60. The van der Waals surface area contributed by atoms with E-state index >= 15 is 0 Å². The van der Waals surface area contributed by atoms with Gasteiger partial charge in [0.25, 0.3) is 5.91 Å². The minimum absolute atomic E-state index is 0.264. The van der Waals surface area contributed by atoms with Crippen molar-refractivity contribution in [2.75, 3.05) is 6.61 Å². The molecule has 0 bridgehead atoms. The predicted octanol–water partition coefficient (Wildman–Crippen LogP) is 3.35. The zero-order valence-electron chi connectivity index (χ0n) is 15.5. The first-order chi connectivity index (χ1) is 13.0. The number of hydrogen-bond acceptors (Lipinski definition) is 4. The van der Waals surface area contributed by atoms with Crippen LogP contribution in [0.15, 0.2) is 42.6 Å². The number of aromatic nitrogens is 1. The van der Waals surface area contributed by atoms with Crippen LogP contribution < -0.4 is 15.4 Å². The van der Waals surface area contributed by atoms with E-state index in [9.17, 15) is 9.59 Å². The summed E-state index contributed by atoms with van der Waals surface area (Å²) in [7, 11) is 0. The summed E-state index contributed by atoms with van der Waals surface area (Å²) >= 11 is 6.01. The SMILES string of the molecule is CCCCOc1ncccc1CNC(=O)C(C)NC(=O)c1ccccc1Cl. The standard InChI is InChI=1S/C20H24ClN3O3/c1-3-4-12-27-20-15(8-7-11-22-20)13-23-18(25)14(2)24-19(26)16-9-5-6-10-17(16)21/h5-11,14H,3-4,12-13H2,1-2H3,(H,23,25)(H,24,26). The van der Waals surface area contributed by atoms with E-state index in [4.69, 9.17) is 16.3 Å². The number of nitrogens with one attached hydrogen (secondary N) is 2. The summed E-state index contributed by atoms with van der Waals surface area (Å²) in [6.45, 7) is 4.55. The second-order valence-electron chi connectivity index (χ2n) is 6.06. The van der Waals surface area contributed by atoms with Crippen molar-refractivity contribution in [1.29, 1.82) is 0 Å². The second kappa shape index (κ2) is 10.5. The van der Waals surface area contributed by atoms with Crippen LogP contribution in [0.2, 0.25) is 5.02 Å². The molecule has 6 nitrogen and oxygen atoms in total. The van der Waals surface area contributed by atoms with Gasteiger partial charge in [0.05, 0.1) is 17.2 Å². The number of amides is 2. The van der Waals surface area contributed by atoms with Crippen molar-refractivity contribution in [1.82, 2.24) is 15.6 Å². The fraction of sp³-hybridized carbons (Fsp3) is 0.350. The molecule has 0 aliphatic heterocycles. The topological polar surface area (TPSA) is 80.3 Å². The number of rotatable bonds is 9. The van der Waals surface area contributed by atoms with Crippen LogP contribution in [-0.4, -0.2) is 29.4 Å². The summed E-state index contributed by atoms with van der Waals surface area (Å²) in [5.41, 5.74) is 1.12. The third-order valence-electron chi connectivity index (χ3n) is 3.90. The molecule has 0 radical (unpaired) electrons. The molecule has 2 rings (SSSR count). The van der Waals surface area contributed by atoms with Crippen molar-refractivity contribution < 1.29 is 14.3 Å². The highest BCUT2D eigenvalue weighted by atomic mass is 35.5. The van der Waals surface area contributed by atoms with Crippen molar-refractivity contribution in [3.05, 3.63) is 58.7 Å². The Bertz CT molecular complexity index is 783. The lowest BCUT2D eigenvalue weighted by atomic mass is 10.2. The highest BCUT2D eigenvalue weighted by molar-refractivity contribution is 6.33. The van der Waals surface area contributed by atoms with Crippen LogP contribution in [0.3, 0.4) is 0 Å². The van der Waals surface area contributed by atoms with Crippen LogP contribution in [0.1, 0.15) is 42.6 Å². The molecule has 27 heavy (non-hydrogen) atoms. The Morgan fingerprint density at radius 1 is 1.22 bits per heavy atom. The van der Waals surface area contributed by atoms with Crippen molar-refractivity contribution in [3.8, 4) is 5.88 Å². The Labute approximate surface area is 164 Å². The fourth-order valence-corrected chi connectivity index (χ4v) is 2.54. The van der Waals surface area contributed by atoms with Crippen LogP contribution in [0.5, 0.6) is 5.88 Å². The molecule has 0 saturated carbocycles. The first-order valence-electron chi connectivity index (χ1n) is 8.92. The van der Waals surface area contributed by atoms with Crippen LogP contribution in [0, 0.1) is 0 Å². The average molecular weight is 390 g/mol. The molecule has 7 heteroatoms. The number of hydrogen-bond donors (Lipinski definition) is 2. The molecule has 1 aromatic heterocycles. The van der Waals surface area contributed by atoms with E-state index in [1.165, 1.54) is 0 Å². The van der Waals surface area contributed by atoms with E-state index < -0.39 is 11.9 Å². The quantitative estimate of drug-likeness (QED) is 0.644. The van der Waals surface area contributed by atoms with Crippen LogP contribution in [0.25, 0.3) is 0 Å². The highest BCUT2D eigenvalue weighted by Gasteiger charge is 2.18. The fourth-order valence-electron chi connectivity index (χ4n) is 2.32. The van der Waals surface area contributed by atoms with Gasteiger partial charge in [-0.25, -0.2) is 4.98 Å². The summed E-state index contributed by atoms with van der Waals surface area (Å²) < 4.78 is 5.66. The number of unbranched alkanes of at least 4 members (excludes halogenated alkanes) is 1. The zero-order valence-corrected chi connectivity index (χ0v) is 16.3. The Kier molecular flexibility index (Phi) is 8.07. The van der Waals surface area contributed by atoms with E-state index in [1.54, 1.807) is 43.5 Å². The van der Waals surface area contributed by atoms with Crippen molar-refractivity contribution in [2.45, 2.75) is 39.3 Å². The summed E-state index contributed by atoms with van der Waals surface area (Å²) in [5, 5.41) is 5.78. The summed E-state index contributed by atoms with van der Waals surface area (Å²) in [5.74, 6) is -0.189. The third-order valence-corrected chi connectivity index (χ3v) is 4.23. The minimum atomic E-state index is -0.713. The monoisotopic (exact) mass is 389 g/mol. The number of carbonyl (C=O) groups excluding carboxylic acids is 2. The van der Waals surface area contributed by atoms with Gasteiger partial charge in [0.2, 0.25) is 11.8 Å². The summed E-state index contributed by atoms with van der Waals surface area (Å²) in [6, 6.07) is 9.62. The smallest absolute Gasteiger partial charge is 0.253 e. The molecule has 144 valence electrons. The van der Waals surface area contributed by atoms with Crippen molar-refractivity contribution >= 4 is 23.4 Å². The van der Waals surface area contributed by atoms with Gasteiger partial charge in [-0.15, -0.1) is 0 Å². The van der Waals surface area contributed by atoms with E-state index in [0.29, 0.717) is 23.1 Å². The van der Waals surface area contributed by atoms with E-state index in [0.717, 1.165) is 18.4 Å². The third kappa shape index (κ3) is 6.25. The van der Waals surface area contributed by atoms with Crippen molar-refractivity contribution in [2.24, 2.45) is 0 Å². The molecule has 1 atom stereocenters. The summed E-state index contributed by atoms with van der Waals surface area (Å²) in [4.78, 5) is 28.8. The second-order valence-corrected chi connectivity index (χ2v) is 6.47. The molecule has 0 aliphatic carbocycles. The van der Waals surface area contributed by atoms with E-state index in [1.807, 2.05) is 6.07 Å². The van der Waals surface area contributed by atoms with E-state index in [2.05, 4.69) is 22.5 Å². The molecule has 0 saturated heterocycles. The normalized spacial score (nSPS) is 11.5. The summed E-state index contributed by atoms with van der Waals surface area (Å²) in [6.07, 6.45) is 3.62.